The van der Waals surface area contributed by atoms with Gasteiger partial charge in [0.1, 0.15) is 12.4 Å². The van der Waals surface area contributed by atoms with Gasteiger partial charge in [0.05, 0.1) is 5.56 Å². The number of nitrogens with zero attached hydrogens (tertiary/aromatic N) is 1. The molecule has 2 unspecified atom stereocenters. The van der Waals surface area contributed by atoms with Crippen molar-refractivity contribution in [2.45, 2.75) is 20.3 Å². The number of piperidine rings is 1. The van der Waals surface area contributed by atoms with Gasteiger partial charge in [-0.15, -0.1) is 0 Å². The van der Waals surface area contributed by atoms with Crippen molar-refractivity contribution in [1.82, 2.24) is 10.3 Å². The lowest BCUT2D eigenvalue weighted by Crippen LogP contribution is -2.40. The standard InChI is InChI=1S/C16H25N3O2/c1-12-7-8-19(11-13(12)2)9-10-21-15-6-4-3-5-14(15)16(20)18-17/h3-6,12-13H,7-11,17H2,1-2H3,(H,18,20). The smallest absolute Gasteiger partial charge is 0.268 e. The molecule has 0 aromatic heterocycles. The molecule has 2 rings (SSSR count). The van der Waals surface area contributed by atoms with Crippen LogP contribution in [0.5, 0.6) is 5.75 Å². The van der Waals surface area contributed by atoms with Gasteiger partial charge in [0, 0.05) is 13.1 Å². The van der Waals surface area contributed by atoms with E-state index in [0.29, 0.717) is 17.9 Å². The highest BCUT2D eigenvalue weighted by Gasteiger charge is 2.22. The summed E-state index contributed by atoms with van der Waals surface area (Å²) in [4.78, 5) is 14.1. The van der Waals surface area contributed by atoms with Gasteiger partial charge in [-0.1, -0.05) is 26.0 Å². The van der Waals surface area contributed by atoms with Crippen LogP contribution in [0, 0.1) is 11.8 Å². The maximum absolute atomic E-state index is 11.7. The minimum Gasteiger partial charge on any atom is -0.491 e. The molecule has 1 amide bonds. The second-order valence-corrected chi connectivity index (χ2v) is 5.86. The van der Waals surface area contributed by atoms with E-state index in [4.69, 9.17) is 10.6 Å². The van der Waals surface area contributed by atoms with Crippen molar-refractivity contribution in [2.75, 3.05) is 26.2 Å². The monoisotopic (exact) mass is 291 g/mol. The summed E-state index contributed by atoms with van der Waals surface area (Å²) in [6, 6.07) is 7.16. The number of carbonyl (C=O) groups is 1. The third kappa shape index (κ3) is 4.19. The average molecular weight is 291 g/mol. The lowest BCUT2D eigenvalue weighted by atomic mass is 9.89. The predicted octanol–water partition coefficient (Wildman–Crippen LogP) is 1.65. The maximum atomic E-state index is 11.7. The number of hydrazine groups is 1. The molecule has 1 heterocycles. The average Bonchev–Trinajstić information content (AvgIpc) is 2.50. The Balaban J connectivity index is 1.85. The molecule has 1 aliphatic rings. The van der Waals surface area contributed by atoms with Crippen LogP contribution in [0.1, 0.15) is 30.6 Å². The summed E-state index contributed by atoms with van der Waals surface area (Å²) in [5.74, 6) is 6.97. The predicted molar refractivity (Wildman–Crippen MR) is 83.0 cm³/mol. The fourth-order valence-corrected chi connectivity index (χ4v) is 2.69. The number of ether oxygens (including phenoxy) is 1. The van der Waals surface area contributed by atoms with Crippen molar-refractivity contribution in [2.24, 2.45) is 17.7 Å². The van der Waals surface area contributed by atoms with E-state index in [0.717, 1.165) is 31.5 Å². The number of hydrogen-bond acceptors (Lipinski definition) is 4. The normalized spacial score (nSPS) is 22.8. The summed E-state index contributed by atoms with van der Waals surface area (Å²) < 4.78 is 5.77. The van der Waals surface area contributed by atoms with E-state index < -0.39 is 0 Å². The van der Waals surface area contributed by atoms with Crippen LogP contribution in [0.2, 0.25) is 0 Å². The summed E-state index contributed by atoms with van der Waals surface area (Å²) in [5.41, 5.74) is 2.62. The Bertz CT molecular complexity index is 478. The molecule has 0 radical (unpaired) electrons. The first-order valence-corrected chi connectivity index (χ1v) is 7.57. The largest absolute Gasteiger partial charge is 0.491 e. The van der Waals surface area contributed by atoms with Crippen molar-refractivity contribution in [3.63, 3.8) is 0 Å². The van der Waals surface area contributed by atoms with E-state index in [1.807, 2.05) is 6.07 Å². The maximum Gasteiger partial charge on any atom is 0.268 e. The highest BCUT2D eigenvalue weighted by molar-refractivity contribution is 5.96. The van der Waals surface area contributed by atoms with Crippen LogP contribution >= 0.6 is 0 Å². The number of amides is 1. The zero-order valence-electron chi connectivity index (χ0n) is 12.8. The Morgan fingerprint density at radius 3 is 2.86 bits per heavy atom. The lowest BCUT2D eigenvalue weighted by Gasteiger charge is -2.35. The number of nitrogens with two attached hydrogens (primary N) is 1. The molecule has 0 bridgehead atoms. The number of nitrogens with one attached hydrogen (secondary N) is 1. The molecule has 1 saturated heterocycles. The van der Waals surface area contributed by atoms with Crippen LogP contribution in [0.25, 0.3) is 0 Å². The van der Waals surface area contributed by atoms with Crippen LogP contribution in [-0.2, 0) is 0 Å². The zero-order valence-corrected chi connectivity index (χ0v) is 12.8. The second-order valence-electron chi connectivity index (χ2n) is 5.86. The molecule has 1 aromatic rings. The van der Waals surface area contributed by atoms with E-state index >= 15 is 0 Å². The van der Waals surface area contributed by atoms with Crippen LogP contribution in [0.4, 0.5) is 0 Å². The van der Waals surface area contributed by atoms with Gasteiger partial charge in [0.15, 0.2) is 0 Å². The van der Waals surface area contributed by atoms with Crippen molar-refractivity contribution < 1.29 is 9.53 Å². The molecule has 2 atom stereocenters. The number of benzene rings is 1. The summed E-state index contributed by atoms with van der Waals surface area (Å²) in [5, 5.41) is 0. The molecule has 0 aliphatic carbocycles. The number of carbonyl (C=O) groups excluding carboxylic acids is 1. The van der Waals surface area contributed by atoms with Gasteiger partial charge in [-0.2, -0.15) is 0 Å². The molecule has 21 heavy (non-hydrogen) atoms. The highest BCUT2D eigenvalue weighted by atomic mass is 16.5. The Morgan fingerprint density at radius 1 is 1.38 bits per heavy atom. The Kier molecular flexibility index (Phi) is 5.59. The fraction of sp³-hybridized carbons (Fsp3) is 0.562. The van der Waals surface area contributed by atoms with Gasteiger partial charge in [0.25, 0.3) is 5.91 Å². The van der Waals surface area contributed by atoms with E-state index in [-0.39, 0.29) is 5.91 Å². The minimum atomic E-state index is -0.328. The molecular weight excluding hydrogens is 266 g/mol. The van der Waals surface area contributed by atoms with Gasteiger partial charge in [-0.3, -0.25) is 15.1 Å². The molecule has 5 heteroatoms. The molecule has 116 valence electrons. The highest BCUT2D eigenvalue weighted by Crippen LogP contribution is 2.22. The van der Waals surface area contributed by atoms with Crippen molar-refractivity contribution in [3.05, 3.63) is 29.8 Å². The first kappa shape index (κ1) is 15.8. The van der Waals surface area contributed by atoms with Crippen LogP contribution in [0.3, 0.4) is 0 Å². The summed E-state index contributed by atoms with van der Waals surface area (Å²) in [6.45, 7) is 8.33. The van der Waals surface area contributed by atoms with E-state index in [1.54, 1.807) is 18.2 Å². The Labute approximate surface area is 126 Å². The van der Waals surface area contributed by atoms with E-state index in [1.165, 1.54) is 6.42 Å². The number of para-hydroxylation sites is 1. The van der Waals surface area contributed by atoms with Crippen molar-refractivity contribution in [3.8, 4) is 5.75 Å². The topological polar surface area (TPSA) is 67.6 Å². The van der Waals surface area contributed by atoms with Crippen molar-refractivity contribution in [1.29, 1.82) is 0 Å². The van der Waals surface area contributed by atoms with Crippen LogP contribution < -0.4 is 16.0 Å². The third-order valence-corrected chi connectivity index (χ3v) is 4.35. The molecule has 0 spiro atoms. The van der Waals surface area contributed by atoms with Crippen molar-refractivity contribution >= 4 is 5.91 Å². The molecule has 5 nitrogen and oxygen atoms in total. The first-order chi connectivity index (χ1) is 10.1. The molecule has 1 aliphatic heterocycles. The second kappa shape index (κ2) is 7.43. The summed E-state index contributed by atoms with van der Waals surface area (Å²) in [6.07, 6.45) is 1.24. The van der Waals surface area contributed by atoms with Gasteiger partial charge in [-0.25, -0.2) is 5.84 Å². The number of nitrogen functional groups attached to an aromatic ring is 1. The van der Waals surface area contributed by atoms with Crippen LogP contribution in [0.15, 0.2) is 24.3 Å². The van der Waals surface area contributed by atoms with Gasteiger partial charge >= 0.3 is 0 Å². The quantitative estimate of drug-likeness (QED) is 0.492. The van der Waals surface area contributed by atoms with Gasteiger partial charge in [-0.05, 0) is 36.9 Å². The Morgan fingerprint density at radius 2 is 2.14 bits per heavy atom. The van der Waals surface area contributed by atoms with Gasteiger partial charge in [0.2, 0.25) is 0 Å². The SMILES string of the molecule is CC1CCN(CCOc2ccccc2C(=O)NN)CC1C. The number of hydrogen-bond donors (Lipinski definition) is 2. The minimum absolute atomic E-state index is 0.328. The fourth-order valence-electron chi connectivity index (χ4n) is 2.69. The number of likely N-dealkylation sites (tertiary alicyclic amines) is 1. The first-order valence-electron chi connectivity index (χ1n) is 7.57. The van der Waals surface area contributed by atoms with E-state index in [2.05, 4.69) is 24.2 Å². The van der Waals surface area contributed by atoms with Gasteiger partial charge < -0.3 is 4.74 Å². The summed E-state index contributed by atoms with van der Waals surface area (Å²) >= 11 is 0. The Hall–Kier alpha value is -1.59. The molecule has 1 fully saturated rings. The lowest BCUT2D eigenvalue weighted by molar-refractivity contribution is 0.0945. The van der Waals surface area contributed by atoms with E-state index in [9.17, 15) is 4.79 Å². The molecule has 3 N–H and O–H groups in total. The molecular formula is C16H25N3O2. The third-order valence-electron chi connectivity index (χ3n) is 4.35. The number of rotatable bonds is 5. The molecule has 1 aromatic carbocycles. The zero-order chi connectivity index (χ0) is 15.2. The summed E-state index contributed by atoms with van der Waals surface area (Å²) in [7, 11) is 0. The van der Waals surface area contributed by atoms with Crippen LogP contribution in [-0.4, -0.2) is 37.0 Å². The molecule has 0 saturated carbocycles.